The van der Waals surface area contributed by atoms with E-state index in [4.69, 9.17) is 0 Å². The molecule has 142 valence electrons. The molecule has 0 saturated carbocycles. The first-order valence-corrected chi connectivity index (χ1v) is 10.1. The molecule has 1 N–H and O–H groups in total. The monoisotopic (exact) mass is 385 g/mol. The highest BCUT2D eigenvalue weighted by molar-refractivity contribution is 8.13. The Morgan fingerprint density at radius 2 is 2.19 bits per heavy atom. The van der Waals surface area contributed by atoms with Gasteiger partial charge in [0, 0.05) is 12.2 Å². The minimum atomic E-state index is -0.630. The van der Waals surface area contributed by atoms with Crippen molar-refractivity contribution < 1.29 is 9.18 Å². The lowest BCUT2D eigenvalue weighted by Crippen LogP contribution is -2.40. The predicted molar refractivity (Wildman–Crippen MR) is 111 cm³/mol. The highest BCUT2D eigenvalue weighted by Crippen LogP contribution is 2.37. The van der Waals surface area contributed by atoms with Crippen LogP contribution in [0.15, 0.2) is 63.9 Å². The SMILES string of the molecule is C=NC1=NC(C)(C2=CC=C(F)C(NC(=O)CCc3ccccc3)C2)CCS1. The molecule has 0 radical (unpaired) electrons. The van der Waals surface area contributed by atoms with Crippen molar-refractivity contribution in [2.24, 2.45) is 9.98 Å². The zero-order valence-electron chi connectivity index (χ0n) is 15.5. The number of carbonyl (C=O) groups excluding carboxylic acids is 1. The summed E-state index contributed by atoms with van der Waals surface area (Å²) in [7, 11) is 0. The first-order valence-electron chi connectivity index (χ1n) is 9.09. The Bertz CT molecular complexity index is 803. The third kappa shape index (κ3) is 4.95. The molecule has 0 aromatic heterocycles. The van der Waals surface area contributed by atoms with Crippen LogP contribution in [0.1, 0.15) is 31.7 Å². The number of nitrogens with zero attached hydrogens (tertiary/aromatic N) is 2. The van der Waals surface area contributed by atoms with Crippen LogP contribution in [0.5, 0.6) is 0 Å². The summed E-state index contributed by atoms with van der Waals surface area (Å²) in [6.45, 7) is 5.59. The number of allylic oxidation sites excluding steroid dienone is 2. The average molecular weight is 386 g/mol. The van der Waals surface area contributed by atoms with Crippen LogP contribution in [0.25, 0.3) is 0 Å². The second-order valence-corrected chi connectivity index (χ2v) is 8.04. The molecule has 27 heavy (non-hydrogen) atoms. The molecule has 6 heteroatoms. The Hall–Kier alpha value is -2.21. The standard InChI is InChI=1S/C21H24FN3OS/c1-21(12-13-27-20(23-2)25-21)16-9-10-17(22)18(14-16)24-19(26)11-8-15-6-4-3-5-7-15/h3-7,9-10,18H,2,8,11-14H2,1H3,(H,24,26). The quantitative estimate of drug-likeness (QED) is 0.771. The summed E-state index contributed by atoms with van der Waals surface area (Å²) < 4.78 is 14.3. The second-order valence-electron chi connectivity index (χ2n) is 6.98. The molecular weight excluding hydrogens is 361 g/mol. The van der Waals surface area contributed by atoms with Crippen molar-refractivity contribution in [2.75, 3.05) is 5.75 Å². The summed E-state index contributed by atoms with van der Waals surface area (Å²) >= 11 is 1.58. The van der Waals surface area contributed by atoms with Gasteiger partial charge in [-0.15, -0.1) is 0 Å². The second kappa shape index (κ2) is 8.65. The number of aryl methyl sites for hydroxylation is 1. The first-order chi connectivity index (χ1) is 13.0. The van der Waals surface area contributed by atoms with Crippen molar-refractivity contribution in [2.45, 2.75) is 44.2 Å². The van der Waals surface area contributed by atoms with Gasteiger partial charge in [0.25, 0.3) is 0 Å². The number of carbonyl (C=O) groups is 1. The summed E-state index contributed by atoms with van der Waals surface area (Å²) in [5.41, 5.74) is 1.68. The number of rotatable bonds is 5. The van der Waals surface area contributed by atoms with Gasteiger partial charge in [0.15, 0.2) is 5.17 Å². The largest absolute Gasteiger partial charge is 0.347 e. The average Bonchev–Trinajstić information content (AvgIpc) is 2.69. The van der Waals surface area contributed by atoms with Gasteiger partial charge in [-0.2, -0.15) is 0 Å². The molecule has 4 nitrogen and oxygen atoms in total. The number of hydrogen-bond acceptors (Lipinski definition) is 4. The Morgan fingerprint density at radius 3 is 2.93 bits per heavy atom. The van der Waals surface area contributed by atoms with Gasteiger partial charge in [-0.1, -0.05) is 48.2 Å². The maximum Gasteiger partial charge on any atom is 0.220 e. The zero-order chi connectivity index (χ0) is 19.3. The fraction of sp³-hybridized carbons (Fsp3) is 0.381. The topological polar surface area (TPSA) is 53.8 Å². The van der Waals surface area contributed by atoms with E-state index in [2.05, 4.69) is 22.0 Å². The summed E-state index contributed by atoms with van der Waals surface area (Å²) in [5, 5.41) is 3.51. The third-order valence-electron chi connectivity index (χ3n) is 5.01. The number of hydrogen-bond donors (Lipinski definition) is 1. The van der Waals surface area contributed by atoms with E-state index in [9.17, 15) is 9.18 Å². The third-order valence-corrected chi connectivity index (χ3v) is 5.90. The highest BCUT2D eigenvalue weighted by atomic mass is 32.2. The summed E-state index contributed by atoms with van der Waals surface area (Å²) in [6, 6.07) is 9.18. The van der Waals surface area contributed by atoms with E-state index in [1.165, 1.54) is 6.08 Å². The molecule has 2 atom stereocenters. The van der Waals surface area contributed by atoms with Crippen molar-refractivity contribution in [1.82, 2.24) is 5.32 Å². The molecule has 1 amide bonds. The number of halogens is 1. The smallest absolute Gasteiger partial charge is 0.220 e. The van der Waals surface area contributed by atoms with Crippen LogP contribution in [-0.4, -0.2) is 35.1 Å². The molecule has 3 rings (SSSR count). The van der Waals surface area contributed by atoms with Gasteiger partial charge in [-0.3, -0.25) is 4.79 Å². The van der Waals surface area contributed by atoms with Crippen molar-refractivity contribution in [3.63, 3.8) is 0 Å². The molecule has 1 aliphatic carbocycles. The maximum atomic E-state index is 14.3. The molecule has 1 aromatic carbocycles. The van der Waals surface area contributed by atoms with E-state index < -0.39 is 11.6 Å². The molecule has 2 aliphatic rings. The molecule has 2 unspecified atom stereocenters. The van der Waals surface area contributed by atoms with Crippen LogP contribution in [0.3, 0.4) is 0 Å². The molecule has 0 saturated heterocycles. The van der Waals surface area contributed by atoms with Crippen LogP contribution in [-0.2, 0) is 11.2 Å². The molecule has 1 aliphatic heterocycles. The van der Waals surface area contributed by atoms with Crippen molar-refractivity contribution in [3.8, 4) is 0 Å². The normalized spacial score (nSPS) is 25.1. The summed E-state index contributed by atoms with van der Waals surface area (Å²) in [5.74, 6) is 0.438. The number of amides is 1. The van der Waals surface area contributed by atoms with Crippen molar-refractivity contribution in [1.29, 1.82) is 0 Å². The number of aliphatic imine (C=N–C) groups is 2. The van der Waals surface area contributed by atoms with E-state index in [-0.39, 0.29) is 11.7 Å². The van der Waals surface area contributed by atoms with E-state index in [0.29, 0.717) is 24.4 Å². The Morgan fingerprint density at radius 1 is 1.41 bits per heavy atom. The van der Waals surface area contributed by atoms with Crippen LogP contribution in [0, 0.1) is 0 Å². The summed E-state index contributed by atoms with van der Waals surface area (Å²) in [4.78, 5) is 21.0. The van der Waals surface area contributed by atoms with E-state index in [1.54, 1.807) is 17.8 Å². The molecule has 0 spiro atoms. The number of nitrogens with one attached hydrogen (secondary N) is 1. The number of thioether (sulfide) groups is 1. The first kappa shape index (κ1) is 19.5. The van der Waals surface area contributed by atoms with Crippen LogP contribution in [0.2, 0.25) is 0 Å². The molecular formula is C21H24FN3OS. The molecule has 0 bridgehead atoms. The lowest BCUT2D eigenvalue weighted by Gasteiger charge is -2.35. The summed E-state index contributed by atoms with van der Waals surface area (Å²) in [6.07, 6.45) is 5.50. The minimum Gasteiger partial charge on any atom is -0.347 e. The van der Waals surface area contributed by atoms with Gasteiger partial charge >= 0.3 is 0 Å². The van der Waals surface area contributed by atoms with Gasteiger partial charge in [0.05, 0.1) is 11.6 Å². The van der Waals surface area contributed by atoms with Crippen molar-refractivity contribution >= 4 is 29.6 Å². The fourth-order valence-corrected chi connectivity index (χ4v) is 4.36. The highest BCUT2D eigenvalue weighted by Gasteiger charge is 2.35. The Kier molecular flexibility index (Phi) is 6.26. The van der Waals surface area contributed by atoms with E-state index >= 15 is 0 Å². The van der Waals surface area contributed by atoms with Gasteiger partial charge in [-0.05, 0) is 50.1 Å². The molecule has 1 heterocycles. The van der Waals surface area contributed by atoms with Gasteiger partial charge < -0.3 is 5.32 Å². The van der Waals surface area contributed by atoms with Crippen LogP contribution < -0.4 is 5.32 Å². The van der Waals surface area contributed by atoms with Gasteiger partial charge in [-0.25, -0.2) is 14.4 Å². The Labute approximate surface area is 163 Å². The van der Waals surface area contributed by atoms with E-state index in [1.807, 2.05) is 37.3 Å². The van der Waals surface area contributed by atoms with Crippen LogP contribution >= 0.6 is 11.8 Å². The van der Waals surface area contributed by atoms with E-state index in [0.717, 1.165) is 23.3 Å². The lowest BCUT2D eigenvalue weighted by atomic mass is 9.82. The van der Waals surface area contributed by atoms with Crippen molar-refractivity contribution in [3.05, 3.63) is 59.4 Å². The predicted octanol–water partition coefficient (Wildman–Crippen LogP) is 4.24. The molecule has 1 aromatic rings. The lowest BCUT2D eigenvalue weighted by molar-refractivity contribution is -0.121. The molecule has 0 fully saturated rings. The fourth-order valence-electron chi connectivity index (χ4n) is 3.32. The van der Waals surface area contributed by atoms with Gasteiger partial charge in [0.2, 0.25) is 5.91 Å². The Balaban J connectivity index is 1.63. The maximum absolute atomic E-state index is 14.3. The zero-order valence-corrected chi connectivity index (χ0v) is 16.3. The minimum absolute atomic E-state index is 0.144. The number of benzene rings is 1. The van der Waals surface area contributed by atoms with Gasteiger partial charge in [0.1, 0.15) is 5.83 Å². The number of amidine groups is 1. The van der Waals surface area contributed by atoms with Crippen LogP contribution in [0.4, 0.5) is 4.39 Å².